The highest BCUT2D eigenvalue weighted by atomic mass is 28.4. The highest BCUT2D eigenvalue weighted by Crippen LogP contribution is 2.36. The number of nitrogens with zero attached hydrogens (tertiary/aromatic N) is 5. The van der Waals surface area contributed by atoms with Gasteiger partial charge in [-0.1, -0.05) is 32.9 Å². The van der Waals surface area contributed by atoms with Gasteiger partial charge in [-0.2, -0.15) is 5.10 Å². The third kappa shape index (κ3) is 6.16. The molecule has 4 rings (SSSR count). The maximum Gasteiger partial charge on any atom is 0.222 e. The monoisotopic (exact) mass is 493 g/mol. The molecule has 1 saturated heterocycles. The molecule has 1 aliphatic heterocycles. The van der Waals surface area contributed by atoms with E-state index in [4.69, 9.17) is 9.41 Å². The van der Waals surface area contributed by atoms with Crippen LogP contribution in [0.3, 0.4) is 0 Å². The number of rotatable bonds is 8. The number of unbranched alkanes of at least 4 members (excludes halogenated alkanes) is 1. The Kier molecular flexibility index (Phi) is 7.71. The first-order valence-electron chi connectivity index (χ1n) is 12.8. The van der Waals surface area contributed by atoms with Crippen LogP contribution in [0.1, 0.15) is 58.9 Å². The zero-order chi connectivity index (χ0) is 25.1. The van der Waals surface area contributed by atoms with Crippen molar-refractivity contribution in [3.63, 3.8) is 0 Å². The van der Waals surface area contributed by atoms with E-state index >= 15 is 0 Å². The lowest BCUT2D eigenvalue weighted by molar-refractivity contribution is -0.132. The molecule has 1 amide bonds. The van der Waals surface area contributed by atoms with Gasteiger partial charge in [-0.25, -0.2) is 4.98 Å². The van der Waals surface area contributed by atoms with Crippen LogP contribution < -0.4 is 0 Å². The van der Waals surface area contributed by atoms with Crippen LogP contribution in [0.25, 0.3) is 22.3 Å². The molecule has 35 heavy (non-hydrogen) atoms. The molecule has 0 bridgehead atoms. The molecule has 0 radical (unpaired) electrons. The predicted molar refractivity (Wildman–Crippen MR) is 143 cm³/mol. The number of amides is 1. The Morgan fingerprint density at radius 3 is 2.51 bits per heavy atom. The largest absolute Gasteiger partial charge is 0.417 e. The molecule has 3 heterocycles. The summed E-state index contributed by atoms with van der Waals surface area (Å²) >= 11 is 0. The Balaban J connectivity index is 1.22. The maximum atomic E-state index is 12.7. The summed E-state index contributed by atoms with van der Waals surface area (Å²) in [6.45, 7) is 13.7. The predicted octanol–water partition coefficient (Wildman–Crippen LogP) is 5.85. The minimum atomic E-state index is -1.70. The van der Waals surface area contributed by atoms with E-state index in [1.165, 1.54) is 0 Å². The third-order valence-corrected chi connectivity index (χ3v) is 12.1. The molecule has 0 aliphatic carbocycles. The molecule has 2 aromatic heterocycles. The number of carbonyl (C=O) groups excluding carboxylic acids is 1. The molecule has 0 N–H and O–H groups in total. The summed E-state index contributed by atoms with van der Waals surface area (Å²) in [7, 11) is -1.70. The molecule has 3 aromatic rings. The van der Waals surface area contributed by atoms with Gasteiger partial charge in [-0.05, 0) is 55.9 Å². The zero-order valence-electron chi connectivity index (χ0n) is 21.8. The molecule has 0 spiro atoms. The summed E-state index contributed by atoms with van der Waals surface area (Å²) in [4.78, 5) is 24.0. The van der Waals surface area contributed by atoms with Crippen LogP contribution in [0.15, 0.2) is 42.9 Å². The fourth-order valence-electron chi connectivity index (χ4n) is 4.23. The Bertz CT molecular complexity index is 1150. The summed E-state index contributed by atoms with van der Waals surface area (Å²) in [5.41, 5.74) is 3.58. The highest BCUT2D eigenvalue weighted by Gasteiger charge is 2.36. The van der Waals surface area contributed by atoms with Crippen molar-refractivity contribution in [2.24, 2.45) is 0 Å². The lowest BCUT2D eigenvalue weighted by Gasteiger charge is -2.36. The van der Waals surface area contributed by atoms with Crippen molar-refractivity contribution in [2.45, 2.75) is 77.0 Å². The molecule has 1 aliphatic rings. The number of benzene rings is 1. The van der Waals surface area contributed by atoms with E-state index in [1.54, 1.807) is 0 Å². The molecule has 0 unspecified atom stereocenters. The number of likely N-dealkylation sites (tertiary alicyclic amines) is 1. The molecule has 8 heteroatoms. The molecule has 1 aromatic carbocycles. The lowest BCUT2D eigenvalue weighted by atomic mass is 10.0. The minimum Gasteiger partial charge on any atom is -0.417 e. The topological polar surface area (TPSA) is 73.1 Å². The van der Waals surface area contributed by atoms with Crippen LogP contribution >= 0.6 is 0 Å². The normalized spacial score (nSPS) is 15.6. The first-order valence-corrected chi connectivity index (χ1v) is 15.7. The number of fused-ring (bicyclic) bond motifs is 1. The van der Waals surface area contributed by atoms with Crippen LogP contribution in [0.4, 0.5) is 0 Å². The second-order valence-electron chi connectivity index (χ2n) is 11.1. The third-order valence-electron chi connectivity index (χ3n) is 7.59. The first-order chi connectivity index (χ1) is 16.6. The van der Waals surface area contributed by atoms with Gasteiger partial charge in [0, 0.05) is 37.9 Å². The number of aromatic nitrogens is 4. The average Bonchev–Trinajstić information content (AvgIpc) is 3.33. The van der Waals surface area contributed by atoms with Gasteiger partial charge in [0.2, 0.25) is 5.91 Å². The van der Waals surface area contributed by atoms with E-state index in [2.05, 4.69) is 50.1 Å². The van der Waals surface area contributed by atoms with Crippen molar-refractivity contribution in [3.8, 4) is 11.3 Å². The number of piperidine rings is 1. The van der Waals surface area contributed by atoms with Gasteiger partial charge in [-0.3, -0.25) is 14.5 Å². The summed E-state index contributed by atoms with van der Waals surface area (Å²) in [6.07, 6.45) is 10.0. The van der Waals surface area contributed by atoms with Crippen molar-refractivity contribution in [2.75, 3.05) is 19.7 Å². The van der Waals surface area contributed by atoms with Gasteiger partial charge in [0.25, 0.3) is 0 Å². The second-order valence-corrected chi connectivity index (χ2v) is 15.9. The Morgan fingerprint density at radius 1 is 1.09 bits per heavy atom. The maximum absolute atomic E-state index is 12.7. The number of hydrogen-bond acceptors (Lipinski definition) is 5. The van der Waals surface area contributed by atoms with E-state index in [0.717, 1.165) is 67.7 Å². The van der Waals surface area contributed by atoms with E-state index in [9.17, 15) is 4.79 Å². The van der Waals surface area contributed by atoms with E-state index < -0.39 is 8.32 Å². The summed E-state index contributed by atoms with van der Waals surface area (Å²) < 4.78 is 8.27. The molecular formula is C27H39N5O2Si. The number of carbonyl (C=O) groups is 1. The van der Waals surface area contributed by atoms with Gasteiger partial charge in [0.15, 0.2) is 8.32 Å². The molecule has 0 saturated carbocycles. The van der Waals surface area contributed by atoms with Crippen LogP contribution in [0.5, 0.6) is 0 Å². The molecule has 0 atom stereocenters. The van der Waals surface area contributed by atoms with Crippen LogP contribution in [0.2, 0.25) is 18.1 Å². The van der Waals surface area contributed by atoms with Gasteiger partial charge in [-0.15, -0.1) is 0 Å². The fraction of sp³-hybridized carbons (Fsp3) is 0.556. The number of hydrogen-bond donors (Lipinski definition) is 0. The Hall–Kier alpha value is -2.58. The van der Waals surface area contributed by atoms with Crippen molar-refractivity contribution in [3.05, 3.63) is 42.9 Å². The van der Waals surface area contributed by atoms with Crippen LogP contribution in [-0.4, -0.2) is 58.6 Å². The molecular weight excluding hydrogens is 454 g/mol. The van der Waals surface area contributed by atoms with Crippen LogP contribution in [-0.2, 0) is 9.22 Å². The Morgan fingerprint density at radius 2 is 1.80 bits per heavy atom. The molecule has 1 fully saturated rings. The van der Waals surface area contributed by atoms with Crippen LogP contribution in [0, 0.1) is 0 Å². The highest BCUT2D eigenvalue weighted by molar-refractivity contribution is 6.74. The van der Waals surface area contributed by atoms with Gasteiger partial charge in [0.05, 0.1) is 35.2 Å². The smallest absolute Gasteiger partial charge is 0.222 e. The average molecular weight is 494 g/mol. The first kappa shape index (κ1) is 25.5. The van der Waals surface area contributed by atoms with Crippen molar-refractivity contribution in [1.29, 1.82) is 0 Å². The standard InChI is InChI=1S/C27H39N5O2Si/c1-27(2,3)35(4,5)34-17-9-8-12-26(33)31-15-13-22(14-16-31)32-20-21(18-29-32)25-19-28-23-10-6-7-11-24(23)30-25/h6-7,10-11,18-20,22H,8-9,12-17H2,1-5H3. The molecule has 7 nitrogen and oxygen atoms in total. The fourth-order valence-corrected chi connectivity index (χ4v) is 5.31. The zero-order valence-corrected chi connectivity index (χ0v) is 22.8. The van der Waals surface area contributed by atoms with Gasteiger partial charge >= 0.3 is 0 Å². The number of para-hydroxylation sites is 2. The van der Waals surface area contributed by atoms with E-state index in [1.807, 2.05) is 46.2 Å². The van der Waals surface area contributed by atoms with Gasteiger partial charge in [0.1, 0.15) is 0 Å². The van der Waals surface area contributed by atoms with E-state index in [0.29, 0.717) is 12.5 Å². The van der Waals surface area contributed by atoms with Crippen molar-refractivity contribution >= 4 is 25.3 Å². The Labute approximate surface area is 210 Å². The molecule has 188 valence electrons. The van der Waals surface area contributed by atoms with E-state index in [-0.39, 0.29) is 10.9 Å². The van der Waals surface area contributed by atoms with Crippen molar-refractivity contribution in [1.82, 2.24) is 24.6 Å². The second kappa shape index (κ2) is 10.6. The SMILES string of the molecule is CC(C)(C)[Si](C)(C)OCCCCC(=O)N1CCC(n2cc(-c3cnc4ccccc4n3)cn2)CC1. The quantitative estimate of drug-likeness (QED) is 0.291. The van der Waals surface area contributed by atoms with Gasteiger partial charge < -0.3 is 9.33 Å². The summed E-state index contributed by atoms with van der Waals surface area (Å²) in [6, 6.07) is 8.19. The summed E-state index contributed by atoms with van der Waals surface area (Å²) in [5.74, 6) is 0.267. The van der Waals surface area contributed by atoms with Crippen molar-refractivity contribution < 1.29 is 9.22 Å². The lowest BCUT2D eigenvalue weighted by Crippen LogP contribution is -2.41. The summed E-state index contributed by atoms with van der Waals surface area (Å²) in [5, 5.41) is 4.84. The minimum absolute atomic E-state index is 0.228.